The largest absolute Gasteiger partial charge is 0.326 e. The fourth-order valence-electron chi connectivity index (χ4n) is 1.97. The first-order valence-electron chi connectivity index (χ1n) is 5.12. The lowest BCUT2D eigenvalue weighted by atomic mass is 9.91. The molecule has 0 heterocycles. The lowest BCUT2D eigenvalue weighted by Gasteiger charge is -2.16. The Kier molecular flexibility index (Phi) is 2.68. The van der Waals surface area contributed by atoms with Crippen LogP contribution in [0.15, 0.2) is 18.2 Å². The van der Waals surface area contributed by atoms with Gasteiger partial charge in [0.1, 0.15) is 0 Å². The van der Waals surface area contributed by atoms with Gasteiger partial charge in [0, 0.05) is 5.69 Å². The molecule has 0 saturated heterocycles. The summed E-state index contributed by atoms with van der Waals surface area (Å²) < 4.78 is 0. The summed E-state index contributed by atoms with van der Waals surface area (Å²) in [5, 5.41) is 10.9. The molecule has 0 spiro atoms. The minimum atomic E-state index is -0.606. The maximum Gasteiger partial charge on any atom is 0.326 e. The minimum absolute atomic E-state index is 0.606. The van der Waals surface area contributed by atoms with Crippen LogP contribution in [0.1, 0.15) is 24.0 Å². The number of hydrogen-bond donors (Lipinski definition) is 1. The Labute approximate surface area is 88.7 Å². The molecule has 0 radical (unpaired) electrons. The first kappa shape index (κ1) is 9.72. The number of nitrogens with one attached hydrogen (secondary N) is 1. The van der Waals surface area contributed by atoms with E-state index in [-0.39, 0.29) is 0 Å². The Morgan fingerprint density at radius 2 is 2.00 bits per heavy atom. The third-order valence-electron chi connectivity index (χ3n) is 2.71. The summed E-state index contributed by atoms with van der Waals surface area (Å²) in [4.78, 5) is 10.9. The lowest BCUT2D eigenvalue weighted by molar-refractivity contribution is -0.111. The molecule has 0 aliphatic heterocycles. The number of anilines is 1. The molecule has 15 heavy (non-hydrogen) atoms. The van der Waals surface area contributed by atoms with Gasteiger partial charge in [0.05, 0.1) is 0 Å². The first-order valence-corrected chi connectivity index (χ1v) is 5.12. The second-order valence-electron chi connectivity index (χ2n) is 3.76. The topological polar surface area (TPSA) is 52.9 Å². The summed E-state index contributed by atoms with van der Waals surface area (Å²) in [5.41, 5.74) is 3.40. The zero-order chi connectivity index (χ0) is 10.7. The normalized spacial score (nSPS) is 13.8. The smallest absolute Gasteiger partial charge is 0.313 e. The number of carbonyl (C=O) groups excluding carboxylic acids is 1. The van der Waals surface area contributed by atoms with E-state index in [9.17, 15) is 4.79 Å². The number of hydrogen-bond acceptors (Lipinski definition) is 2. The molecule has 3 nitrogen and oxygen atoms in total. The molecule has 2 rings (SSSR count). The van der Waals surface area contributed by atoms with Gasteiger partial charge in [-0.05, 0) is 48.9 Å². The van der Waals surface area contributed by atoms with Crippen LogP contribution in [0.2, 0.25) is 0 Å². The Hall–Kier alpha value is -1.82. The number of nitrogens with zero attached hydrogens (tertiary/aromatic N) is 1. The van der Waals surface area contributed by atoms with Crippen LogP contribution in [0, 0.1) is 11.3 Å². The van der Waals surface area contributed by atoms with Crippen LogP contribution in [0.25, 0.3) is 0 Å². The van der Waals surface area contributed by atoms with Gasteiger partial charge >= 0.3 is 5.91 Å². The molecule has 1 amide bonds. The summed E-state index contributed by atoms with van der Waals surface area (Å²) in [6.45, 7) is 0. The van der Waals surface area contributed by atoms with Crippen LogP contribution in [0.4, 0.5) is 5.69 Å². The molecule has 0 atom stereocenters. The van der Waals surface area contributed by atoms with Gasteiger partial charge in [-0.25, -0.2) is 0 Å². The first-order chi connectivity index (χ1) is 7.29. The summed E-state index contributed by atoms with van der Waals surface area (Å²) >= 11 is 0. The van der Waals surface area contributed by atoms with E-state index < -0.39 is 5.91 Å². The Morgan fingerprint density at radius 1 is 1.27 bits per heavy atom. The van der Waals surface area contributed by atoms with Crippen LogP contribution in [0.5, 0.6) is 0 Å². The molecular weight excluding hydrogens is 188 g/mol. The van der Waals surface area contributed by atoms with Gasteiger partial charge in [0.25, 0.3) is 0 Å². The molecule has 0 unspecified atom stereocenters. The number of carbonyl (C=O) groups is 1. The highest BCUT2D eigenvalue weighted by Gasteiger charge is 2.10. The van der Waals surface area contributed by atoms with Crippen LogP contribution in [0.3, 0.4) is 0 Å². The van der Waals surface area contributed by atoms with Gasteiger partial charge in [-0.15, -0.1) is 0 Å². The van der Waals surface area contributed by atoms with E-state index in [4.69, 9.17) is 5.26 Å². The second-order valence-corrected chi connectivity index (χ2v) is 3.76. The molecule has 1 aromatic rings. The third-order valence-corrected chi connectivity index (χ3v) is 2.71. The molecule has 0 aromatic heterocycles. The molecule has 0 fully saturated rings. The van der Waals surface area contributed by atoms with Crippen molar-refractivity contribution in [2.75, 3.05) is 5.32 Å². The SMILES string of the molecule is N#CC(=O)Nc1ccc2c(c1)CCCC2. The van der Waals surface area contributed by atoms with Crippen LogP contribution in [-0.4, -0.2) is 5.91 Å². The van der Waals surface area contributed by atoms with Crippen LogP contribution < -0.4 is 5.32 Å². The highest BCUT2D eigenvalue weighted by atomic mass is 16.1. The number of benzene rings is 1. The van der Waals surface area contributed by atoms with E-state index in [0.717, 1.165) is 18.5 Å². The zero-order valence-corrected chi connectivity index (χ0v) is 8.42. The highest BCUT2D eigenvalue weighted by Crippen LogP contribution is 2.24. The van der Waals surface area contributed by atoms with E-state index in [2.05, 4.69) is 5.32 Å². The van der Waals surface area contributed by atoms with Crippen molar-refractivity contribution in [2.45, 2.75) is 25.7 Å². The average Bonchev–Trinajstić information content (AvgIpc) is 2.29. The lowest BCUT2D eigenvalue weighted by Crippen LogP contribution is -2.09. The number of amides is 1. The van der Waals surface area contributed by atoms with Gasteiger partial charge in [0.15, 0.2) is 6.07 Å². The zero-order valence-electron chi connectivity index (χ0n) is 8.42. The molecule has 3 heteroatoms. The minimum Gasteiger partial charge on any atom is -0.313 e. The molecule has 1 aliphatic carbocycles. The number of fused-ring (bicyclic) bond motifs is 1. The monoisotopic (exact) mass is 200 g/mol. The fraction of sp³-hybridized carbons (Fsp3) is 0.333. The van der Waals surface area contributed by atoms with Gasteiger partial charge in [-0.1, -0.05) is 6.07 Å². The second kappa shape index (κ2) is 4.14. The van der Waals surface area contributed by atoms with E-state index in [0.29, 0.717) is 0 Å². The van der Waals surface area contributed by atoms with Gasteiger partial charge in [-0.3, -0.25) is 4.79 Å². The Balaban J connectivity index is 2.21. The molecular formula is C12H12N2O. The predicted molar refractivity (Wildman–Crippen MR) is 57.3 cm³/mol. The Bertz CT molecular complexity index is 432. The van der Waals surface area contributed by atoms with Crippen molar-refractivity contribution in [3.8, 4) is 6.07 Å². The fourth-order valence-corrected chi connectivity index (χ4v) is 1.97. The standard InChI is InChI=1S/C12H12N2O/c13-8-12(15)14-11-6-5-9-3-1-2-4-10(9)7-11/h5-7H,1-4H2,(H,14,15). The summed E-state index contributed by atoms with van der Waals surface area (Å²) in [6, 6.07) is 7.42. The number of nitriles is 1. The molecule has 1 aromatic carbocycles. The molecule has 1 N–H and O–H groups in total. The number of aryl methyl sites for hydroxylation is 2. The van der Waals surface area contributed by atoms with Gasteiger partial charge < -0.3 is 5.32 Å². The number of rotatable bonds is 1. The third kappa shape index (κ3) is 2.16. The van der Waals surface area contributed by atoms with Crippen molar-refractivity contribution in [3.63, 3.8) is 0 Å². The maximum absolute atomic E-state index is 10.9. The van der Waals surface area contributed by atoms with Gasteiger partial charge in [-0.2, -0.15) is 5.26 Å². The van der Waals surface area contributed by atoms with Crippen molar-refractivity contribution < 1.29 is 4.79 Å². The summed E-state index contributed by atoms with van der Waals surface area (Å²) in [5.74, 6) is -0.606. The quantitative estimate of drug-likeness (QED) is 0.705. The van der Waals surface area contributed by atoms with Crippen LogP contribution >= 0.6 is 0 Å². The van der Waals surface area contributed by atoms with Crippen LogP contribution in [-0.2, 0) is 17.6 Å². The maximum atomic E-state index is 10.9. The molecule has 0 bridgehead atoms. The van der Waals surface area contributed by atoms with E-state index >= 15 is 0 Å². The molecule has 0 saturated carbocycles. The van der Waals surface area contributed by atoms with E-state index in [1.165, 1.54) is 24.0 Å². The van der Waals surface area contributed by atoms with Crippen molar-refractivity contribution >= 4 is 11.6 Å². The molecule has 1 aliphatic rings. The predicted octanol–water partition coefficient (Wildman–Crippen LogP) is 2.03. The highest BCUT2D eigenvalue weighted by molar-refractivity contribution is 6.02. The van der Waals surface area contributed by atoms with E-state index in [1.54, 1.807) is 6.07 Å². The average molecular weight is 200 g/mol. The Morgan fingerprint density at radius 3 is 2.73 bits per heavy atom. The van der Waals surface area contributed by atoms with Crippen molar-refractivity contribution in [1.82, 2.24) is 0 Å². The van der Waals surface area contributed by atoms with Crippen molar-refractivity contribution in [3.05, 3.63) is 29.3 Å². The van der Waals surface area contributed by atoms with Gasteiger partial charge in [0.2, 0.25) is 0 Å². The van der Waals surface area contributed by atoms with E-state index in [1.807, 2.05) is 18.2 Å². The summed E-state index contributed by atoms with van der Waals surface area (Å²) in [7, 11) is 0. The summed E-state index contributed by atoms with van der Waals surface area (Å²) in [6.07, 6.45) is 4.66. The molecule has 76 valence electrons. The van der Waals surface area contributed by atoms with Crippen molar-refractivity contribution in [2.24, 2.45) is 0 Å². The van der Waals surface area contributed by atoms with Crippen molar-refractivity contribution in [1.29, 1.82) is 5.26 Å².